The van der Waals surface area contributed by atoms with Gasteiger partial charge in [-0.1, -0.05) is 175 Å². The Kier molecular flexibility index (Phi) is 6.48. The number of benzene rings is 10. The molecule has 55 heavy (non-hydrogen) atoms. The van der Waals surface area contributed by atoms with E-state index < -0.39 is 0 Å². The molecule has 0 saturated carbocycles. The highest BCUT2D eigenvalue weighted by atomic mass is 14.3. The second-order valence-corrected chi connectivity index (χ2v) is 15.6. The number of hydrogen-bond donors (Lipinski definition) is 0. The van der Waals surface area contributed by atoms with Crippen molar-refractivity contribution >= 4 is 32.3 Å². The summed E-state index contributed by atoms with van der Waals surface area (Å²) in [5, 5.41) is 7.88. The van der Waals surface area contributed by atoms with Crippen molar-refractivity contribution in [2.75, 3.05) is 0 Å². The summed E-state index contributed by atoms with van der Waals surface area (Å²) in [6.45, 7) is 2.16. The molecule has 0 nitrogen and oxygen atoms in total. The topological polar surface area (TPSA) is 0 Å². The first-order valence-corrected chi connectivity index (χ1v) is 19.5. The van der Waals surface area contributed by atoms with Crippen molar-refractivity contribution < 1.29 is 0 Å². The maximum absolute atomic E-state index is 2.50. The van der Waals surface area contributed by atoms with E-state index in [1.165, 1.54) is 127 Å². The number of aryl methyl sites for hydroxylation is 1. The zero-order chi connectivity index (χ0) is 36.2. The summed E-state index contributed by atoms with van der Waals surface area (Å²) in [6.07, 6.45) is 1.92. The molecule has 0 saturated heterocycles. The molecule has 0 bridgehead atoms. The molecule has 12 rings (SSSR count). The van der Waals surface area contributed by atoms with E-state index >= 15 is 0 Å². The van der Waals surface area contributed by atoms with Crippen LogP contribution in [0.4, 0.5) is 0 Å². The predicted molar refractivity (Wildman–Crippen MR) is 233 cm³/mol. The predicted octanol–water partition coefficient (Wildman–Crippen LogP) is 14.7. The third-order valence-electron chi connectivity index (χ3n) is 12.6. The maximum Gasteiger partial charge on any atom is -0.000728 e. The molecule has 0 fully saturated rings. The van der Waals surface area contributed by atoms with Crippen LogP contribution in [0, 0.1) is 6.92 Å². The van der Waals surface area contributed by atoms with Gasteiger partial charge in [0.1, 0.15) is 0 Å². The molecule has 2 aliphatic carbocycles. The second-order valence-electron chi connectivity index (χ2n) is 15.6. The first-order chi connectivity index (χ1) is 27.2. The Hall–Kier alpha value is -6.76. The van der Waals surface area contributed by atoms with Crippen LogP contribution in [0.5, 0.6) is 0 Å². The van der Waals surface area contributed by atoms with Crippen LogP contribution in [0.25, 0.3) is 99.1 Å². The smallest absolute Gasteiger partial charge is 0.000728 e. The standard InChI is InChI=1S/C55H36/c1-33-16-18-34(19-17-33)43-25-20-35-23-29-50-48(26-21-36-22-28-49(43)54(35)55(36)50)53-32-39(42-12-6-13-44-40-10-4-2-8-37(40)30-51(42)44)24-27-47(53)46-15-7-14-45-41-11-5-3-9-38(41)31-52(45)46/h2-29,32H,30-31H2,1H3. The summed E-state index contributed by atoms with van der Waals surface area (Å²) in [5.41, 5.74) is 22.7. The van der Waals surface area contributed by atoms with Gasteiger partial charge < -0.3 is 0 Å². The van der Waals surface area contributed by atoms with Gasteiger partial charge in [0.15, 0.2) is 0 Å². The van der Waals surface area contributed by atoms with Crippen LogP contribution in [-0.4, -0.2) is 0 Å². The van der Waals surface area contributed by atoms with Crippen LogP contribution in [0.15, 0.2) is 176 Å². The Morgan fingerprint density at radius 3 is 1.44 bits per heavy atom. The normalized spacial score (nSPS) is 12.7. The molecule has 2 aliphatic rings. The lowest BCUT2D eigenvalue weighted by molar-refractivity contribution is 1.26. The SMILES string of the molecule is Cc1ccc(-c2ccc3ccc4c(-c5cc(-c6cccc7c6Cc6ccccc6-7)ccc5-c5cccc6c5Cc5ccccc5-6)ccc5ccc2c3c54)cc1. The molecule has 0 radical (unpaired) electrons. The van der Waals surface area contributed by atoms with Crippen LogP contribution in [0.1, 0.15) is 27.8 Å². The van der Waals surface area contributed by atoms with Crippen molar-refractivity contribution in [2.24, 2.45) is 0 Å². The third kappa shape index (κ3) is 4.52. The van der Waals surface area contributed by atoms with Gasteiger partial charge in [0.05, 0.1) is 0 Å². The van der Waals surface area contributed by atoms with Gasteiger partial charge in [0, 0.05) is 0 Å². The lowest BCUT2D eigenvalue weighted by Crippen LogP contribution is -1.95. The molecule has 0 aromatic heterocycles. The van der Waals surface area contributed by atoms with E-state index in [0.29, 0.717) is 0 Å². The van der Waals surface area contributed by atoms with Crippen molar-refractivity contribution in [1.82, 2.24) is 0 Å². The molecule has 0 heteroatoms. The van der Waals surface area contributed by atoms with Gasteiger partial charge in [-0.15, -0.1) is 0 Å². The van der Waals surface area contributed by atoms with Crippen molar-refractivity contribution in [3.05, 3.63) is 204 Å². The van der Waals surface area contributed by atoms with E-state index in [1.54, 1.807) is 0 Å². The largest absolute Gasteiger partial charge is 0.0619 e. The summed E-state index contributed by atoms with van der Waals surface area (Å²) in [7, 11) is 0. The molecule has 0 heterocycles. The molecular formula is C55H36. The minimum Gasteiger partial charge on any atom is -0.0619 e. The molecule has 0 spiro atoms. The molecule has 0 aliphatic heterocycles. The Bertz CT molecular complexity index is 3190. The average molecular weight is 697 g/mol. The van der Waals surface area contributed by atoms with Crippen molar-refractivity contribution in [1.29, 1.82) is 0 Å². The number of fused-ring (bicyclic) bond motifs is 6. The first kappa shape index (κ1) is 30.7. The highest BCUT2D eigenvalue weighted by Crippen LogP contribution is 2.49. The van der Waals surface area contributed by atoms with Crippen LogP contribution in [-0.2, 0) is 12.8 Å². The highest BCUT2D eigenvalue weighted by Gasteiger charge is 2.26. The van der Waals surface area contributed by atoms with E-state index in [9.17, 15) is 0 Å². The fourth-order valence-corrected chi connectivity index (χ4v) is 10.0. The van der Waals surface area contributed by atoms with Crippen molar-refractivity contribution in [3.8, 4) is 66.8 Å². The summed E-state index contributed by atoms with van der Waals surface area (Å²) in [4.78, 5) is 0. The van der Waals surface area contributed by atoms with E-state index in [4.69, 9.17) is 0 Å². The van der Waals surface area contributed by atoms with Crippen LogP contribution in [0.2, 0.25) is 0 Å². The Morgan fingerprint density at radius 1 is 0.309 bits per heavy atom. The monoisotopic (exact) mass is 696 g/mol. The van der Waals surface area contributed by atoms with Gasteiger partial charge in [-0.05, 0) is 147 Å². The molecule has 0 atom stereocenters. The Morgan fingerprint density at radius 2 is 0.782 bits per heavy atom. The molecule has 10 aromatic rings. The molecule has 10 aromatic carbocycles. The van der Waals surface area contributed by atoms with Gasteiger partial charge >= 0.3 is 0 Å². The van der Waals surface area contributed by atoms with Crippen molar-refractivity contribution in [2.45, 2.75) is 19.8 Å². The summed E-state index contributed by atoms with van der Waals surface area (Å²) in [6, 6.07) is 66.6. The van der Waals surface area contributed by atoms with Crippen LogP contribution < -0.4 is 0 Å². The minimum atomic E-state index is 0.952. The molecular weight excluding hydrogens is 661 g/mol. The lowest BCUT2D eigenvalue weighted by atomic mass is 9.83. The van der Waals surface area contributed by atoms with Crippen molar-refractivity contribution in [3.63, 3.8) is 0 Å². The Balaban J connectivity index is 1.12. The fourth-order valence-electron chi connectivity index (χ4n) is 10.0. The van der Waals surface area contributed by atoms with Gasteiger partial charge in [0.2, 0.25) is 0 Å². The molecule has 0 amide bonds. The van der Waals surface area contributed by atoms with E-state index in [2.05, 4.69) is 183 Å². The van der Waals surface area contributed by atoms with Crippen LogP contribution >= 0.6 is 0 Å². The van der Waals surface area contributed by atoms with E-state index in [-0.39, 0.29) is 0 Å². The molecule has 0 N–H and O–H groups in total. The summed E-state index contributed by atoms with van der Waals surface area (Å²) >= 11 is 0. The number of hydrogen-bond acceptors (Lipinski definition) is 0. The number of rotatable bonds is 4. The van der Waals surface area contributed by atoms with Crippen LogP contribution in [0.3, 0.4) is 0 Å². The summed E-state index contributed by atoms with van der Waals surface area (Å²) in [5.74, 6) is 0. The van der Waals surface area contributed by atoms with Gasteiger partial charge in [-0.25, -0.2) is 0 Å². The average Bonchev–Trinajstić information content (AvgIpc) is 3.82. The highest BCUT2D eigenvalue weighted by molar-refractivity contribution is 6.28. The lowest BCUT2D eigenvalue weighted by Gasteiger charge is -2.20. The Labute approximate surface area is 321 Å². The summed E-state index contributed by atoms with van der Waals surface area (Å²) < 4.78 is 0. The van der Waals surface area contributed by atoms with Gasteiger partial charge in [-0.3, -0.25) is 0 Å². The van der Waals surface area contributed by atoms with Gasteiger partial charge in [0.25, 0.3) is 0 Å². The fraction of sp³-hybridized carbons (Fsp3) is 0.0545. The second kappa shape index (κ2) is 11.6. The zero-order valence-corrected chi connectivity index (χ0v) is 30.7. The van der Waals surface area contributed by atoms with Gasteiger partial charge in [-0.2, -0.15) is 0 Å². The quantitative estimate of drug-likeness (QED) is 0.161. The molecule has 256 valence electrons. The third-order valence-corrected chi connectivity index (χ3v) is 12.6. The maximum atomic E-state index is 2.50. The van der Waals surface area contributed by atoms with E-state index in [0.717, 1.165) is 12.8 Å². The molecule has 0 unspecified atom stereocenters. The first-order valence-electron chi connectivity index (χ1n) is 19.5. The zero-order valence-electron chi connectivity index (χ0n) is 30.7. The minimum absolute atomic E-state index is 0.952. The van der Waals surface area contributed by atoms with E-state index in [1.807, 2.05) is 0 Å².